The van der Waals surface area contributed by atoms with Gasteiger partial charge in [-0.15, -0.1) is 0 Å². The molecule has 0 bridgehead atoms. The molecule has 0 aliphatic rings. The van der Waals surface area contributed by atoms with E-state index >= 15 is 0 Å². The van der Waals surface area contributed by atoms with Crippen LogP contribution in [0.1, 0.15) is 13.8 Å². The van der Waals surface area contributed by atoms with Crippen LogP contribution in [0.25, 0.3) is 0 Å². The zero-order valence-electron chi connectivity index (χ0n) is 5.51. The lowest BCUT2D eigenvalue weighted by molar-refractivity contribution is 0.732. The predicted molar refractivity (Wildman–Crippen MR) is 37.8 cm³/mol. The first-order valence-electron chi connectivity index (χ1n) is 2.64. The lowest BCUT2D eigenvalue weighted by Gasteiger charge is -2.07. The van der Waals surface area contributed by atoms with Crippen molar-refractivity contribution in [1.82, 2.24) is 0 Å². The summed E-state index contributed by atoms with van der Waals surface area (Å²) in [5.41, 5.74) is 0. The molecule has 0 saturated carbocycles. The van der Waals surface area contributed by atoms with E-state index in [4.69, 9.17) is 5.26 Å². The van der Waals surface area contributed by atoms with Crippen molar-refractivity contribution in [3.63, 3.8) is 0 Å². The van der Waals surface area contributed by atoms with Gasteiger partial charge in [-0.2, -0.15) is 17.0 Å². The molecule has 1 nitrogen and oxygen atoms in total. The van der Waals surface area contributed by atoms with Crippen molar-refractivity contribution < 1.29 is 0 Å². The van der Waals surface area contributed by atoms with Crippen LogP contribution in [-0.4, -0.2) is 11.5 Å². The maximum absolute atomic E-state index is 8.37. The molecule has 2 unspecified atom stereocenters. The topological polar surface area (TPSA) is 23.8 Å². The van der Waals surface area contributed by atoms with E-state index < -0.39 is 0 Å². The van der Waals surface area contributed by atoms with Gasteiger partial charge < -0.3 is 0 Å². The molecule has 46 valence electrons. The number of nitriles is 1. The Bertz CT molecular complexity index is 95.2. The maximum Gasteiger partial charge on any atom is 0.0664 e. The molecular weight excluding hydrogens is 118 g/mol. The molecule has 0 aromatic carbocycles. The van der Waals surface area contributed by atoms with E-state index in [2.05, 4.69) is 13.0 Å². The fraction of sp³-hybridized carbons (Fsp3) is 0.833. The molecule has 2 atom stereocenters. The standard InChI is InChI=1S/C6H11NS/c1-5(4-7)6(2)8-3/h5-6H,1-3H3. The van der Waals surface area contributed by atoms with Gasteiger partial charge in [0.05, 0.1) is 12.0 Å². The summed E-state index contributed by atoms with van der Waals surface area (Å²) in [5, 5.41) is 8.85. The Morgan fingerprint density at radius 2 is 2.00 bits per heavy atom. The molecule has 0 heterocycles. The molecule has 0 fully saturated rings. The van der Waals surface area contributed by atoms with Crippen LogP contribution in [0.2, 0.25) is 0 Å². The van der Waals surface area contributed by atoms with E-state index in [1.165, 1.54) is 0 Å². The molecule has 0 N–H and O–H groups in total. The minimum atomic E-state index is 0.185. The van der Waals surface area contributed by atoms with E-state index in [9.17, 15) is 0 Å². The summed E-state index contributed by atoms with van der Waals surface area (Å²) in [4.78, 5) is 0. The molecule has 0 aromatic rings. The van der Waals surface area contributed by atoms with Crippen molar-refractivity contribution in [2.75, 3.05) is 6.26 Å². The van der Waals surface area contributed by atoms with Crippen molar-refractivity contribution in [2.45, 2.75) is 19.1 Å². The van der Waals surface area contributed by atoms with Crippen LogP contribution in [0.5, 0.6) is 0 Å². The van der Waals surface area contributed by atoms with Gasteiger partial charge >= 0.3 is 0 Å². The van der Waals surface area contributed by atoms with Crippen LogP contribution in [0, 0.1) is 17.2 Å². The van der Waals surface area contributed by atoms with E-state index in [-0.39, 0.29) is 5.92 Å². The highest BCUT2D eigenvalue weighted by atomic mass is 32.2. The van der Waals surface area contributed by atoms with Crippen LogP contribution < -0.4 is 0 Å². The molecule has 0 spiro atoms. The second-order valence-electron chi connectivity index (χ2n) is 1.86. The van der Waals surface area contributed by atoms with E-state index in [1.54, 1.807) is 11.8 Å². The summed E-state index contributed by atoms with van der Waals surface area (Å²) in [5.74, 6) is 0.185. The van der Waals surface area contributed by atoms with Crippen LogP contribution >= 0.6 is 11.8 Å². The van der Waals surface area contributed by atoms with Crippen LogP contribution in [-0.2, 0) is 0 Å². The van der Waals surface area contributed by atoms with Gasteiger partial charge in [-0.25, -0.2) is 0 Å². The highest BCUT2D eigenvalue weighted by Gasteiger charge is 2.07. The third kappa shape index (κ3) is 2.23. The van der Waals surface area contributed by atoms with Crippen LogP contribution in [0.15, 0.2) is 0 Å². The SMILES string of the molecule is CSC(C)C(C)C#N. The Kier molecular flexibility index (Phi) is 3.72. The average molecular weight is 129 g/mol. The summed E-state index contributed by atoms with van der Waals surface area (Å²) in [6.07, 6.45) is 2.03. The van der Waals surface area contributed by atoms with Gasteiger partial charge in [-0.05, 0) is 13.2 Å². The van der Waals surface area contributed by atoms with Gasteiger partial charge in [0.1, 0.15) is 0 Å². The molecule has 0 aliphatic heterocycles. The summed E-state index contributed by atoms with van der Waals surface area (Å²) in [7, 11) is 0. The largest absolute Gasteiger partial charge is 0.198 e. The number of hydrogen-bond acceptors (Lipinski definition) is 2. The fourth-order valence-electron chi connectivity index (χ4n) is 0.309. The zero-order valence-corrected chi connectivity index (χ0v) is 6.33. The molecule has 0 amide bonds. The van der Waals surface area contributed by atoms with Crippen molar-refractivity contribution in [3.05, 3.63) is 0 Å². The normalized spacial score (nSPS) is 16.8. The van der Waals surface area contributed by atoms with Crippen LogP contribution in [0.3, 0.4) is 0 Å². The number of nitrogens with zero attached hydrogens (tertiary/aromatic N) is 1. The molecule has 0 radical (unpaired) electrons. The first-order valence-corrected chi connectivity index (χ1v) is 3.93. The lowest BCUT2D eigenvalue weighted by Crippen LogP contribution is -2.05. The highest BCUT2D eigenvalue weighted by molar-refractivity contribution is 7.99. The quantitative estimate of drug-likeness (QED) is 0.568. The summed E-state index contributed by atoms with van der Waals surface area (Å²) < 4.78 is 0. The Labute approximate surface area is 55.1 Å². The van der Waals surface area contributed by atoms with Gasteiger partial charge in [-0.3, -0.25) is 0 Å². The van der Waals surface area contributed by atoms with Crippen LogP contribution in [0.4, 0.5) is 0 Å². The third-order valence-electron chi connectivity index (χ3n) is 1.28. The van der Waals surface area contributed by atoms with E-state index in [0.29, 0.717) is 5.25 Å². The highest BCUT2D eigenvalue weighted by Crippen LogP contribution is 2.14. The lowest BCUT2D eigenvalue weighted by atomic mass is 10.1. The Morgan fingerprint density at radius 3 is 2.12 bits per heavy atom. The van der Waals surface area contributed by atoms with Crippen molar-refractivity contribution in [1.29, 1.82) is 5.26 Å². The first kappa shape index (κ1) is 7.84. The zero-order chi connectivity index (χ0) is 6.57. The third-order valence-corrected chi connectivity index (χ3v) is 2.43. The van der Waals surface area contributed by atoms with Crippen molar-refractivity contribution in [2.24, 2.45) is 5.92 Å². The van der Waals surface area contributed by atoms with Crippen molar-refractivity contribution >= 4 is 11.8 Å². The van der Waals surface area contributed by atoms with Gasteiger partial charge in [0.15, 0.2) is 0 Å². The minimum Gasteiger partial charge on any atom is -0.198 e. The second-order valence-corrected chi connectivity index (χ2v) is 3.07. The number of rotatable bonds is 2. The Morgan fingerprint density at radius 1 is 1.50 bits per heavy atom. The van der Waals surface area contributed by atoms with Crippen molar-refractivity contribution in [3.8, 4) is 6.07 Å². The van der Waals surface area contributed by atoms with E-state index in [0.717, 1.165) is 0 Å². The fourth-order valence-corrected chi connectivity index (χ4v) is 0.778. The Hall–Kier alpha value is -0.160. The number of hydrogen-bond donors (Lipinski definition) is 0. The second kappa shape index (κ2) is 3.80. The van der Waals surface area contributed by atoms with Gasteiger partial charge in [0.25, 0.3) is 0 Å². The summed E-state index contributed by atoms with van der Waals surface area (Å²) in [6.45, 7) is 4.01. The first-order chi connectivity index (χ1) is 3.72. The van der Waals surface area contributed by atoms with Gasteiger partial charge in [0, 0.05) is 5.25 Å². The molecule has 0 rings (SSSR count). The maximum atomic E-state index is 8.37. The predicted octanol–water partition coefficient (Wildman–Crippen LogP) is 1.90. The smallest absolute Gasteiger partial charge is 0.0664 e. The molecule has 0 aliphatic carbocycles. The monoisotopic (exact) mass is 129 g/mol. The molecular formula is C6H11NS. The molecule has 8 heavy (non-hydrogen) atoms. The minimum absolute atomic E-state index is 0.185. The Balaban J connectivity index is 3.49. The average Bonchev–Trinajstić information content (AvgIpc) is 1.84. The number of thioether (sulfide) groups is 1. The van der Waals surface area contributed by atoms with E-state index in [1.807, 2.05) is 13.2 Å². The molecule has 2 heteroatoms. The summed E-state index contributed by atoms with van der Waals surface area (Å²) in [6, 6.07) is 2.19. The molecule has 0 saturated heterocycles. The van der Waals surface area contributed by atoms with Gasteiger partial charge in [0.2, 0.25) is 0 Å². The van der Waals surface area contributed by atoms with Gasteiger partial charge in [-0.1, -0.05) is 6.92 Å². The molecule has 0 aromatic heterocycles. The summed E-state index contributed by atoms with van der Waals surface area (Å²) >= 11 is 1.73.